The zero-order valence-corrected chi connectivity index (χ0v) is 14.8. The predicted octanol–water partition coefficient (Wildman–Crippen LogP) is 4.37. The van der Waals surface area contributed by atoms with Gasteiger partial charge in [-0.15, -0.1) is 0 Å². The molecule has 3 heterocycles. The second kappa shape index (κ2) is 6.69. The number of rotatable bonds is 3. The van der Waals surface area contributed by atoms with Crippen molar-refractivity contribution in [2.75, 3.05) is 5.32 Å². The molecule has 0 radical (unpaired) electrons. The summed E-state index contributed by atoms with van der Waals surface area (Å²) < 4.78 is 0. The van der Waals surface area contributed by atoms with Crippen LogP contribution in [0.5, 0.6) is 0 Å². The molecule has 0 bridgehead atoms. The largest absolute Gasteiger partial charge is 0.322 e. The molecule has 0 aliphatic carbocycles. The maximum Gasteiger partial charge on any atom is 0.255 e. The summed E-state index contributed by atoms with van der Waals surface area (Å²) in [6.07, 6.45) is 5.65. The van der Waals surface area contributed by atoms with Gasteiger partial charge in [0.1, 0.15) is 0 Å². The molecule has 1 amide bonds. The van der Waals surface area contributed by atoms with Gasteiger partial charge in [0.25, 0.3) is 5.91 Å². The van der Waals surface area contributed by atoms with Crippen molar-refractivity contribution >= 4 is 34.7 Å². The minimum Gasteiger partial charge on any atom is -0.322 e. The summed E-state index contributed by atoms with van der Waals surface area (Å²) in [6, 6.07) is 10.8. The third kappa shape index (κ3) is 3.21. The fourth-order valence-corrected chi connectivity index (χ4v) is 3.11. The monoisotopic (exact) mass is 362 g/mol. The first-order valence-corrected chi connectivity index (χ1v) is 8.52. The van der Waals surface area contributed by atoms with Crippen LogP contribution >= 0.6 is 11.6 Å². The van der Waals surface area contributed by atoms with Crippen LogP contribution in [0.1, 0.15) is 27.0 Å². The molecular weight excluding hydrogens is 348 g/mol. The highest BCUT2D eigenvalue weighted by molar-refractivity contribution is 6.34. The fraction of sp³-hybridized carbons (Fsp3) is 0.100. The molecule has 0 fully saturated rings. The Balaban J connectivity index is 1.61. The number of fused-ring (bicyclic) bond motifs is 1. The summed E-state index contributed by atoms with van der Waals surface area (Å²) in [5.41, 5.74) is 5.04. The van der Waals surface area contributed by atoms with E-state index in [4.69, 9.17) is 11.6 Å². The lowest BCUT2D eigenvalue weighted by molar-refractivity contribution is 0.102. The number of hydrogen-bond acceptors (Lipinski definition) is 4. The van der Waals surface area contributed by atoms with Crippen LogP contribution in [-0.2, 0) is 6.42 Å². The number of anilines is 1. The van der Waals surface area contributed by atoms with Crippen LogP contribution in [0, 0.1) is 6.92 Å². The highest BCUT2D eigenvalue weighted by Crippen LogP contribution is 2.31. The lowest BCUT2D eigenvalue weighted by Gasteiger charge is -2.09. The Morgan fingerprint density at radius 2 is 1.96 bits per heavy atom. The summed E-state index contributed by atoms with van der Waals surface area (Å²) >= 11 is 6.38. The Hall–Kier alpha value is -3.05. The molecule has 128 valence electrons. The van der Waals surface area contributed by atoms with Crippen LogP contribution in [0.2, 0.25) is 5.02 Å². The van der Waals surface area contributed by atoms with E-state index in [2.05, 4.69) is 26.3 Å². The number of nitrogens with one attached hydrogen (secondary N) is 1. The van der Waals surface area contributed by atoms with Crippen LogP contribution in [0.3, 0.4) is 0 Å². The third-order valence-corrected chi connectivity index (χ3v) is 4.49. The molecule has 0 saturated carbocycles. The summed E-state index contributed by atoms with van der Waals surface area (Å²) in [6.45, 7) is 2.01. The number of aryl methyl sites for hydroxylation is 1. The maximum absolute atomic E-state index is 12.3. The van der Waals surface area contributed by atoms with E-state index in [0.29, 0.717) is 22.7 Å². The van der Waals surface area contributed by atoms with E-state index in [1.165, 1.54) is 0 Å². The van der Waals surface area contributed by atoms with E-state index in [9.17, 15) is 4.79 Å². The third-order valence-electron chi connectivity index (χ3n) is 4.16. The van der Waals surface area contributed by atoms with Gasteiger partial charge >= 0.3 is 0 Å². The molecule has 1 aliphatic rings. The van der Waals surface area contributed by atoms with Crippen LogP contribution in [0.25, 0.3) is 0 Å². The summed E-state index contributed by atoms with van der Waals surface area (Å²) in [4.78, 5) is 25.2. The van der Waals surface area contributed by atoms with Gasteiger partial charge < -0.3 is 5.32 Å². The number of aliphatic imine (C=N–C) groups is 1. The maximum atomic E-state index is 12.3. The van der Waals surface area contributed by atoms with E-state index < -0.39 is 0 Å². The standard InChI is InChI=1S/C20H15ClN4O/c1-12-8-14-9-18(25-19(14)23-11-12)16-10-15(2-3-17(16)21)24-20(26)13-4-6-22-7-5-13/h2-8,10-11H,9H2,1H3,(H,24,26). The first-order chi connectivity index (χ1) is 12.6. The van der Waals surface area contributed by atoms with Gasteiger partial charge in [-0.2, -0.15) is 0 Å². The topological polar surface area (TPSA) is 67.2 Å². The van der Waals surface area contributed by atoms with E-state index in [0.717, 1.165) is 28.2 Å². The molecular formula is C20H15ClN4O. The molecule has 0 spiro atoms. The van der Waals surface area contributed by atoms with Gasteiger partial charge in [-0.25, -0.2) is 9.98 Å². The van der Waals surface area contributed by atoms with Crippen molar-refractivity contribution in [2.45, 2.75) is 13.3 Å². The van der Waals surface area contributed by atoms with Gasteiger partial charge in [0, 0.05) is 52.4 Å². The lowest BCUT2D eigenvalue weighted by Crippen LogP contribution is -2.12. The highest BCUT2D eigenvalue weighted by Gasteiger charge is 2.20. The number of benzene rings is 1. The average molecular weight is 363 g/mol. The molecule has 5 nitrogen and oxygen atoms in total. The van der Waals surface area contributed by atoms with Crippen molar-refractivity contribution in [3.63, 3.8) is 0 Å². The minimum absolute atomic E-state index is 0.199. The quantitative estimate of drug-likeness (QED) is 0.752. The number of halogens is 1. The van der Waals surface area contributed by atoms with Crippen molar-refractivity contribution < 1.29 is 4.79 Å². The number of aromatic nitrogens is 2. The normalized spacial score (nSPS) is 12.5. The Bertz CT molecular complexity index is 1030. The molecule has 1 aliphatic heterocycles. The molecule has 1 N–H and O–H groups in total. The molecule has 6 heteroatoms. The van der Waals surface area contributed by atoms with Crippen LogP contribution in [0.4, 0.5) is 11.5 Å². The second-order valence-electron chi connectivity index (χ2n) is 6.12. The van der Waals surface area contributed by atoms with Crippen molar-refractivity contribution in [1.29, 1.82) is 0 Å². The molecule has 0 saturated heterocycles. The van der Waals surface area contributed by atoms with E-state index in [-0.39, 0.29) is 5.91 Å². The summed E-state index contributed by atoms with van der Waals surface area (Å²) in [5.74, 6) is 0.530. The second-order valence-corrected chi connectivity index (χ2v) is 6.52. The van der Waals surface area contributed by atoms with Gasteiger partial charge in [-0.05, 0) is 42.8 Å². The number of nitrogens with zero attached hydrogens (tertiary/aromatic N) is 3. The van der Waals surface area contributed by atoms with Crippen LogP contribution < -0.4 is 5.32 Å². The zero-order valence-electron chi connectivity index (χ0n) is 14.0. The zero-order chi connectivity index (χ0) is 18.1. The van der Waals surface area contributed by atoms with Gasteiger partial charge in [-0.3, -0.25) is 9.78 Å². The summed E-state index contributed by atoms with van der Waals surface area (Å²) in [7, 11) is 0. The van der Waals surface area contributed by atoms with Gasteiger partial charge in [-0.1, -0.05) is 17.7 Å². The van der Waals surface area contributed by atoms with Crippen molar-refractivity contribution in [3.05, 3.63) is 82.3 Å². The van der Waals surface area contributed by atoms with E-state index >= 15 is 0 Å². The van der Waals surface area contributed by atoms with E-state index in [1.807, 2.05) is 13.0 Å². The van der Waals surface area contributed by atoms with Crippen LogP contribution in [0.15, 0.2) is 60.0 Å². The van der Waals surface area contributed by atoms with Crippen molar-refractivity contribution in [2.24, 2.45) is 4.99 Å². The molecule has 4 rings (SSSR count). The Morgan fingerprint density at radius 1 is 1.15 bits per heavy atom. The molecule has 1 aromatic carbocycles. The molecule has 2 aromatic heterocycles. The average Bonchev–Trinajstić information content (AvgIpc) is 3.07. The van der Waals surface area contributed by atoms with Crippen LogP contribution in [-0.4, -0.2) is 21.6 Å². The Labute approximate surface area is 155 Å². The first kappa shape index (κ1) is 16.4. The SMILES string of the molecule is Cc1cnc2c(c1)CC(c1cc(NC(=O)c3ccncc3)ccc1Cl)=N2. The highest BCUT2D eigenvalue weighted by atomic mass is 35.5. The van der Waals surface area contributed by atoms with Gasteiger partial charge in [0.05, 0.1) is 5.71 Å². The first-order valence-electron chi connectivity index (χ1n) is 8.14. The van der Waals surface area contributed by atoms with Gasteiger partial charge in [0.2, 0.25) is 0 Å². The minimum atomic E-state index is -0.199. The number of pyridine rings is 2. The van der Waals surface area contributed by atoms with E-state index in [1.54, 1.807) is 42.9 Å². The number of carbonyl (C=O) groups excluding carboxylic acids is 1. The molecule has 3 aromatic rings. The lowest BCUT2D eigenvalue weighted by atomic mass is 10.0. The van der Waals surface area contributed by atoms with Crippen molar-refractivity contribution in [3.8, 4) is 0 Å². The fourth-order valence-electron chi connectivity index (χ4n) is 2.89. The molecule has 26 heavy (non-hydrogen) atoms. The van der Waals surface area contributed by atoms with Gasteiger partial charge in [0.15, 0.2) is 5.82 Å². The van der Waals surface area contributed by atoms with Crippen molar-refractivity contribution in [1.82, 2.24) is 9.97 Å². The number of amides is 1. The Morgan fingerprint density at radius 3 is 2.77 bits per heavy atom. The predicted molar refractivity (Wildman–Crippen MR) is 103 cm³/mol. The summed E-state index contributed by atoms with van der Waals surface area (Å²) in [5, 5.41) is 3.48. The molecule has 0 atom stereocenters. The molecule has 0 unspecified atom stereocenters. The number of carbonyl (C=O) groups is 1. The smallest absolute Gasteiger partial charge is 0.255 e. The Kier molecular flexibility index (Phi) is 4.22. The number of hydrogen-bond donors (Lipinski definition) is 1.